The summed E-state index contributed by atoms with van der Waals surface area (Å²) in [6, 6.07) is 12.1. The second kappa shape index (κ2) is 11.9. The Hall–Kier alpha value is -1.000. The molecule has 0 aromatic heterocycles. The van der Waals surface area contributed by atoms with Crippen molar-refractivity contribution in [2.75, 3.05) is 33.3 Å². The van der Waals surface area contributed by atoms with E-state index in [-0.39, 0.29) is 24.8 Å². The molecule has 2 aromatic carbocycles. The number of likely N-dealkylation sites (tertiary alicyclic amines) is 1. The molecule has 5 heteroatoms. The lowest BCUT2D eigenvalue weighted by molar-refractivity contribution is 0.188. The Bertz CT molecular complexity index is 868. The molecule has 1 saturated heterocycles. The Morgan fingerprint density at radius 2 is 1.78 bits per heavy atom. The van der Waals surface area contributed by atoms with Crippen LogP contribution in [0.1, 0.15) is 62.5 Å². The number of nitrogens with zero attached hydrogens (tertiary/aromatic N) is 2. The van der Waals surface area contributed by atoms with Crippen molar-refractivity contribution in [2.45, 2.75) is 70.4 Å². The van der Waals surface area contributed by atoms with Crippen LogP contribution in [0.3, 0.4) is 0 Å². The summed E-state index contributed by atoms with van der Waals surface area (Å²) in [4.78, 5) is 5.20. The van der Waals surface area contributed by atoms with Gasteiger partial charge in [-0.15, -0.1) is 24.8 Å². The topological polar surface area (TPSA) is 15.7 Å². The van der Waals surface area contributed by atoms with E-state index in [0.717, 1.165) is 31.2 Å². The number of hydrogen-bond donors (Lipinski definition) is 0. The van der Waals surface area contributed by atoms with Crippen molar-refractivity contribution in [3.05, 3.63) is 41.5 Å². The first-order valence-corrected chi connectivity index (χ1v) is 12.4. The lowest BCUT2D eigenvalue weighted by Crippen LogP contribution is -2.35. The average molecular weight is 480 g/mol. The molecule has 0 N–H and O–H groups in total. The van der Waals surface area contributed by atoms with Gasteiger partial charge in [-0.2, -0.15) is 0 Å². The van der Waals surface area contributed by atoms with Crippen LogP contribution in [0.25, 0.3) is 10.8 Å². The highest BCUT2D eigenvalue weighted by molar-refractivity contribution is 5.88. The highest BCUT2D eigenvalue weighted by Gasteiger charge is 2.23. The van der Waals surface area contributed by atoms with Crippen LogP contribution in [-0.4, -0.2) is 49.1 Å². The SMILES string of the molecule is CN1CCC[C@H]1CCOc1ccc2c3c(ccc2c1)CCN(CC1CCCCC1)C3.Cl.Cl. The summed E-state index contributed by atoms with van der Waals surface area (Å²) in [7, 11) is 2.24. The molecular weight excluding hydrogens is 439 g/mol. The fourth-order valence-electron chi connectivity index (χ4n) is 6.06. The van der Waals surface area contributed by atoms with Gasteiger partial charge in [0.05, 0.1) is 6.61 Å². The minimum absolute atomic E-state index is 0. The van der Waals surface area contributed by atoms with Crippen molar-refractivity contribution in [3.63, 3.8) is 0 Å². The van der Waals surface area contributed by atoms with E-state index in [4.69, 9.17) is 4.74 Å². The highest BCUT2D eigenvalue weighted by Crippen LogP contribution is 2.32. The van der Waals surface area contributed by atoms with Gasteiger partial charge >= 0.3 is 0 Å². The Morgan fingerprint density at radius 1 is 0.938 bits per heavy atom. The summed E-state index contributed by atoms with van der Waals surface area (Å²) in [6.07, 6.45) is 12.2. The smallest absolute Gasteiger partial charge is 0.119 e. The van der Waals surface area contributed by atoms with Crippen LogP contribution in [0.15, 0.2) is 30.3 Å². The molecule has 2 heterocycles. The molecule has 5 rings (SSSR count). The monoisotopic (exact) mass is 478 g/mol. The van der Waals surface area contributed by atoms with E-state index in [1.807, 2.05) is 0 Å². The summed E-state index contributed by atoms with van der Waals surface area (Å²) in [5.41, 5.74) is 3.12. The first kappa shape index (κ1) is 25.6. The van der Waals surface area contributed by atoms with Crippen molar-refractivity contribution in [1.29, 1.82) is 0 Å². The largest absolute Gasteiger partial charge is 0.494 e. The maximum atomic E-state index is 6.15. The minimum Gasteiger partial charge on any atom is -0.494 e. The fraction of sp³-hybridized carbons (Fsp3) is 0.630. The van der Waals surface area contributed by atoms with Gasteiger partial charge in [0, 0.05) is 25.7 Å². The molecule has 0 spiro atoms. The molecule has 3 aliphatic rings. The fourth-order valence-corrected chi connectivity index (χ4v) is 6.06. The van der Waals surface area contributed by atoms with E-state index in [9.17, 15) is 0 Å². The van der Waals surface area contributed by atoms with E-state index in [0.29, 0.717) is 6.04 Å². The zero-order valence-corrected chi connectivity index (χ0v) is 21.2. The molecule has 178 valence electrons. The summed E-state index contributed by atoms with van der Waals surface area (Å²) in [5, 5.41) is 2.77. The predicted molar refractivity (Wildman–Crippen MR) is 140 cm³/mol. The van der Waals surface area contributed by atoms with Gasteiger partial charge in [-0.25, -0.2) is 0 Å². The highest BCUT2D eigenvalue weighted by atomic mass is 35.5. The third-order valence-corrected chi connectivity index (χ3v) is 7.91. The van der Waals surface area contributed by atoms with Gasteiger partial charge < -0.3 is 9.64 Å². The van der Waals surface area contributed by atoms with Crippen LogP contribution in [-0.2, 0) is 13.0 Å². The van der Waals surface area contributed by atoms with Gasteiger partial charge in [0.15, 0.2) is 0 Å². The summed E-state index contributed by atoms with van der Waals surface area (Å²) < 4.78 is 6.15. The lowest BCUT2D eigenvalue weighted by Gasteiger charge is -2.34. The van der Waals surface area contributed by atoms with Crippen LogP contribution < -0.4 is 4.74 Å². The van der Waals surface area contributed by atoms with Gasteiger partial charge in [0.25, 0.3) is 0 Å². The average Bonchev–Trinajstić information content (AvgIpc) is 3.19. The Kier molecular flexibility index (Phi) is 9.55. The van der Waals surface area contributed by atoms with E-state index >= 15 is 0 Å². The van der Waals surface area contributed by atoms with Gasteiger partial charge in [-0.05, 0) is 92.1 Å². The van der Waals surface area contributed by atoms with Crippen LogP contribution in [0.5, 0.6) is 5.75 Å². The first-order chi connectivity index (χ1) is 14.8. The summed E-state index contributed by atoms with van der Waals surface area (Å²) in [5.74, 6) is 1.95. The zero-order chi connectivity index (χ0) is 20.3. The van der Waals surface area contributed by atoms with E-state index in [2.05, 4.69) is 47.2 Å². The maximum Gasteiger partial charge on any atom is 0.119 e. The van der Waals surface area contributed by atoms with Crippen LogP contribution in [0, 0.1) is 5.92 Å². The number of benzene rings is 2. The maximum absolute atomic E-state index is 6.15. The molecule has 1 atom stereocenters. The molecule has 2 fully saturated rings. The van der Waals surface area contributed by atoms with Gasteiger partial charge in [-0.3, -0.25) is 4.90 Å². The summed E-state index contributed by atoms with van der Waals surface area (Å²) >= 11 is 0. The van der Waals surface area contributed by atoms with Gasteiger partial charge in [0.2, 0.25) is 0 Å². The van der Waals surface area contributed by atoms with E-state index in [1.54, 1.807) is 11.1 Å². The van der Waals surface area contributed by atoms with E-state index < -0.39 is 0 Å². The lowest BCUT2D eigenvalue weighted by atomic mass is 9.87. The first-order valence-electron chi connectivity index (χ1n) is 12.4. The number of hydrogen-bond acceptors (Lipinski definition) is 3. The van der Waals surface area contributed by atoms with Crippen LogP contribution in [0.2, 0.25) is 0 Å². The molecule has 0 unspecified atom stereocenters. The van der Waals surface area contributed by atoms with Crippen LogP contribution in [0.4, 0.5) is 0 Å². The number of ether oxygens (including phenoxy) is 1. The number of rotatable bonds is 6. The van der Waals surface area contributed by atoms with Gasteiger partial charge in [-0.1, -0.05) is 37.5 Å². The molecule has 1 aliphatic carbocycles. The molecule has 0 radical (unpaired) electrons. The molecule has 0 amide bonds. The van der Waals surface area contributed by atoms with Crippen molar-refractivity contribution < 1.29 is 4.74 Å². The predicted octanol–water partition coefficient (Wildman–Crippen LogP) is 6.48. The molecule has 0 bridgehead atoms. The number of halogens is 2. The molecule has 2 aliphatic heterocycles. The third-order valence-electron chi connectivity index (χ3n) is 7.91. The molecule has 2 aromatic rings. The van der Waals surface area contributed by atoms with Crippen molar-refractivity contribution in [1.82, 2.24) is 9.80 Å². The Morgan fingerprint density at radius 3 is 2.56 bits per heavy atom. The zero-order valence-electron chi connectivity index (χ0n) is 19.6. The van der Waals surface area contributed by atoms with Crippen molar-refractivity contribution in [2.24, 2.45) is 5.92 Å². The van der Waals surface area contributed by atoms with Crippen molar-refractivity contribution in [3.8, 4) is 5.75 Å². The standard InChI is InChI=1S/C27H38N2O.2ClH/c1-28-15-5-8-24(28)14-17-30-25-11-12-26-23(18-25)10-9-22-13-16-29(20-27(22)26)19-21-6-3-2-4-7-21;;/h9-12,18,21,24H,2-8,13-17,19-20H2,1H3;2*1H/t24-;;/m0../s1. The Balaban J connectivity index is 0.00000144. The molecule has 3 nitrogen and oxygen atoms in total. The van der Waals surface area contributed by atoms with Crippen molar-refractivity contribution >= 4 is 35.6 Å². The van der Waals surface area contributed by atoms with E-state index in [1.165, 1.54) is 81.8 Å². The summed E-state index contributed by atoms with van der Waals surface area (Å²) in [6.45, 7) is 5.71. The van der Waals surface area contributed by atoms with Crippen LogP contribution >= 0.6 is 24.8 Å². The molecular formula is C27H40Cl2N2O. The quantitative estimate of drug-likeness (QED) is 0.471. The third kappa shape index (κ3) is 5.91. The Labute approximate surface area is 206 Å². The second-order valence-electron chi connectivity index (χ2n) is 9.99. The molecule has 1 saturated carbocycles. The molecule has 32 heavy (non-hydrogen) atoms. The van der Waals surface area contributed by atoms with Gasteiger partial charge in [0.1, 0.15) is 5.75 Å². The number of fused-ring (bicyclic) bond motifs is 3. The second-order valence-corrected chi connectivity index (χ2v) is 9.99. The minimum atomic E-state index is 0. The normalized spacial score (nSPS) is 22.2.